The Morgan fingerprint density at radius 3 is 2.30 bits per heavy atom. The van der Waals surface area contributed by atoms with Gasteiger partial charge in [-0.1, -0.05) is 72.4 Å². The zero-order valence-electron chi connectivity index (χ0n) is 15.2. The first-order valence-electron chi connectivity index (χ1n) is 8.65. The molecule has 2 aromatic carbocycles. The molecule has 0 aliphatic carbocycles. The third kappa shape index (κ3) is 4.75. The van der Waals surface area contributed by atoms with Crippen LogP contribution in [0.2, 0.25) is 0 Å². The quantitative estimate of drug-likeness (QED) is 0.614. The van der Waals surface area contributed by atoms with Gasteiger partial charge in [0.2, 0.25) is 5.91 Å². The lowest BCUT2D eigenvalue weighted by atomic mass is 10.1. The van der Waals surface area contributed by atoms with Gasteiger partial charge in [-0.15, -0.1) is 10.2 Å². The van der Waals surface area contributed by atoms with Crippen LogP contribution in [0.5, 0.6) is 0 Å². The van der Waals surface area contributed by atoms with Gasteiger partial charge in [-0.05, 0) is 18.1 Å². The molecule has 3 rings (SSSR count). The minimum atomic E-state index is -0.857. The molecule has 0 spiro atoms. The van der Waals surface area contributed by atoms with Crippen molar-refractivity contribution in [3.05, 3.63) is 77.6 Å². The molecule has 2 atom stereocenters. The molecule has 0 fully saturated rings. The van der Waals surface area contributed by atoms with E-state index in [4.69, 9.17) is 0 Å². The van der Waals surface area contributed by atoms with Crippen LogP contribution in [0.15, 0.2) is 65.8 Å². The average Bonchev–Trinajstić information content (AvgIpc) is 3.07. The summed E-state index contributed by atoms with van der Waals surface area (Å²) >= 11 is 1.29. The van der Waals surface area contributed by atoms with Crippen molar-refractivity contribution in [3.63, 3.8) is 0 Å². The Bertz CT molecular complexity index is 884. The molecular weight excluding hydrogens is 360 g/mol. The summed E-state index contributed by atoms with van der Waals surface area (Å²) in [5.41, 5.74) is 1.81. The monoisotopic (exact) mass is 382 g/mol. The van der Waals surface area contributed by atoms with Crippen molar-refractivity contribution in [1.82, 2.24) is 20.1 Å². The molecule has 0 radical (unpaired) electrons. The summed E-state index contributed by atoms with van der Waals surface area (Å²) in [6.45, 7) is 1.95. The third-order valence-electron chi connectivity index (χ3n) is 4.24. The molecule has 2 N–H and O–H groups in total. The highest BCUT2D eigenvalue weighted by Crippen LogP contribution is 2.23. The Morgan fingerprint density at radius 2 is 1.67 bits per heavy atom. The minimum absolute atomic E-state index is 0.0609. The smallest absolute Gasteiger partial charge is 0.230 e. The van der Waals surface area contributed by atoms with Gasteiger partial charge in [0, 0.05) is 7.05 Å². The van der Waals surface area contributed by atoms with E-state index in [0.29, 0.717) is 11.0 Å². The van der Waals surface area contributed by atoms with Crippen LogP contribution in [0.1, 0.15) is 36.0 Å². The molecule has 0 bridgehead atoms. The highest BCUT2D eigenvalue weighted by molar-refractivity contribution is 7.99. The van der Waals surface area contributed by atoms with Crippen LogP contribution in [-0.2, 0) is 11.8 Å². The molecule has 0 saturated heterocycles. The SMILES string of the molecule is C[C@@H](NC(=O)CSc1nnc([C@@H](O)c2ccccc2)n1C)c1ccccc1. The van der Waals surface area contributed by atoms with Gasteiger partial charge in [-0.3, -0.25) is 4.79 Å². The standard InChI is InChI=1S/C20H22N4O2S/c1-14(15-9-5-3-6-10-15)21-17(25)13-27-20-23-22-19(24(20)2)18(26)16-11-7-4-8-12-16/h3-12,14,18,26H,13H2,1-2H3,(H,21,25)/t14-,18+/m1/s1. The first-order chi connectivity index (χ1) is 13.1. The van der Waals surface area contributed by atoms with Gasteiger partial charge in [-0.25, -0.2) is 0 Å². The fourth-order valence-corrected chi connectivity index (χ4v) is 3.44. The Balaban J connectivity index is 1.59. The van der Waals surface area contributed by atoms with E-state index >= 15 is 0 Å². The lowest BCUT2D eigenvalue weighted by molar-refractivity contribution is -0.119. The van der Waals surface area contributed by atoms with Crippen LogP contribution in [0.3, 0.4) is 0 Å². The molecule has 0 unspecified atom stereocenters. The Hall–Kier alpha value is -2.64. The van der Waals surface area contributed by atoms with Crippen molar-refractivity contribution < 1.29 is 9.90 Å². The lowest BCUT2D eigenvalue weighted by Gasteiger charge is -2.14. The summed E-state index contributed by atoms with van der Waals surface area (Å²) in [5, 5.41) is 22.3. The van der Waals surface area contributed by atoms with Crippen LogP contribution in [-0.4, -0.2) is 31.5 Å². The summed E-state index contributed by atoms with van der Waals surface area (Å²) in [5.74, 6) is 0.594. The molecule has 27 heavy (non-hydrogen) atoms. The van der Waals surface area contributed by atoms with E-state index in [1.807, 2.05) is 67.6 Å². The van der Waals surface area contributed by atoms with Gasteiger partial charge >= 0.3 is 0 Å². The van der Waals surface area contributed by atoms with Crippen molar-refractivity contribution in [2.75, 3.05) is 5.75 Å². The van der Waals surface area contributed by atoms with E-state index in [2.05, 4.69) is 15.5 Å². The number of aromatic nitrogens is 3. The predicted octanol–water partition coefficient (Wildman–Crippen LogP) is 2.87. The zero-order chi connectivity index (χ0) is 19.2. The molecule has 1 amide bonds. The van der Waals surface area contributed by atoms with Crippen LogP contribution in [0.4, 0.5) is 0 Å². The summed E-state index contributed by atoms with van der Waals surface area (Å²) in [6, 6.07) is 19.1. The second kappa shape index (κ2) is 8.83. The molecule has 7 heteroatoms. The van der Waals surface area contributed by atoms with Crippen molar-refractivity contribution in [1.29, 1.82) is 0 Å². The fourth-order valence-electron chi connectivity index (χ4n) is 2.71. The summed E-state index contributed by atoms with van der Waals surface area (Å²) in [6.07, 6.45) is -0.857. The van der Waals surface area contributed by atoms with Crippen LogP contribution in [0.25, 0.3) is 0 Å². The number of nitrogens with one attached hydrogen (secondary N) is 1. The summed E-state index contributed by atoms with van der Waals surface area (Å²) in [7, 11) is 1.79. The van der Waals surface area contributed by atoms with E-state index in [0.717, 1.165) is 11.1 Å². The second-order valence-electron chi connectivity index (χ2n) is 6.20. The van der Waals surface area contributed by atoms with E-state index in [-0.39, 0.29) is 17.7 Å². The average molecular weight is 382 g/mol. The lowest BCUT2D eigenvalue weighted by Crippen LogP contribution is -2.28. The maximum Gasteiger partial charge on any atom is 0.230 e. The number of thioether (sulfide) groups is 1. The summed E-state index contributed by atoms with van der Waals surface area (Å²) in [4.78, 5) is 12.2. The number of aliphatic hydroxyl groups is 1. The van der Waals surface area contributed by atoms with Gasteiger partial charge in [0.25, 0.3) is 0 Å². The van der Waals surface area contributed by atoms with Crippen molar-refractivity contribution in [2.24, 2.45) is 7.05 Å². The molecule has 3 aromatic rings. The number of carbonyl (C=O) groups is 1. The second-order valence-corrected chi connectivity index (χ2v) is 7.14. The summed E-state index contributed by atoms with van der Waals surface area (Å²) < 4.78 is 1.72. The molecule has 6 nitrogen and oxygen atoms in total. The van der Waals surface area contributed by atoms with Gasteiger partial charge in [0.1, 0.15) is 6.10 Å². The molecule has 0 saturated carbocycles. The number of aliphatic hydroxyl groups excluding tert-OH is 1. The normalized spacial score (nSPS) is 13.1. The number of carbonyl (C=O) groups excluding carboxylic acids is 1. The first kappa shape index (κ1) is 19.1. The molecule has 140 valence electrons. The van der Waals surface area contributed by atoms with E-state index in [1.54, 1.807) is 11.6 Å². The zero-order valence-corrected chi connectivity index (χ0v) is 16.1. The van der Waals surface area contributed by atoms with Crippen LogP contribution >= 0.6 is 11.8 Å². The van der Waals surface area contributed by atoms with E-state index < -0.39 is 6.10 Å². The highest BCUT2D eigenvalue weighted by Gasteiger charge is 2.19. The Morgan fingerprint density at radius 1 is 1.07 bits per heavy atom. The van der Waals surface area contributed by atoms with Gasteiger partial charge in [0.15, 0.2) is 11.0 Å². The van der Waals surface area contributed by atoms with Gasteiger partial charge < -0.3 is 15.0 Å². The molecule has 0 aliphatic rings. The Kier molecular flexibility index (Phi) is 6.26. The molecular formula is C20H22N4O2S. The predicted molar refractivity (Wildman–Crippen MR) is 105 cm³/mol. The van der Waals surface area contributed by atoms with Crippen LogP contribution in [0, 0.1) is 0 Å². The third-order valence-corrected chi connectivity index (χ3v) is 5.26. The van der Waals surface area contributed by atoms with Crippen molar-refractivity contribution in [2.45, 2.75) is 24.2 Å². The largest absolute Gasteiger partial charge is 0.380 e. The fraction of sp³-hybridized carbons (Fsp3) is 0.250. The van der Waals surface area contributed by atoms with Crippen LogP contribution < -0.4 is 5.32 Å². The first-order valence-corrected chi connectivity index (χ1v) is 9.64. The number of nitrogens with zero attached hydrogens (tertiary/aromatic N) is 3. The van der Waals surface area contributed by atoms with Crippen molar-refractivity contribution >= 4 is 17.7 Å². The minimum Gasteiger partial charge on any atom is -0.380 e. The number of rotatable bonds is 7. The maximum absolute atomic E-state index is 12.2. The maximum atomic E-state index is 12.2. The topological polar surface area (TPSA) is 80.0 Å². The molecule has 1 heterocycles. The van der Waals surface area contributed by atoms with Gasteiger partial charge in [0.05, 0.1) is 11.8 Å². The number of benzene rings is 2. The molecule has 1 aromatic heterocycles. The number of hydrogen-bond donors (Lipinski definition) is 2. The van der Waals surface area contributed by atoms with Crippen molar-refractivity contribution in [3.8, 4) is 0 Å². The highest BCUT2D eigenvalue weighted by atomic mass is 32.2. The van der Waals surface area contributed by atoms with Gasteiger partial charge in [-0.2, -0.15) is 0 Å². The number of hydrogen-bond acceptors (Lipinski definition) is 5. The number of amides is 1. The Labute approximate surface area is 162 Å². The van der Waals surface area contributed by atoms with E-state index in [1.165, 1.54) is 11.8 Å². The molecule has 0 aliphatic heterocycles. The van der Waals surface area contributed by atoms with E-state index in [9.17, 15) is 9.90 Å².